The summed E-state index contributed by atoms with van der Waals surface area (Å²) < 4.78 is 30.9. The molecule has 0 saturated heterocycles. The van der Waals surface area contributed by atoms with E-state index in [1.807, 2.05) is 6.92 Å². The van der Waals surface area contributed by atoms with Crippen LogP contribution in [0.25, 0.3) is 5.78 Å². The first-order chi connectivity index (χ1) is 11.5. The van der Waals surface area contributed by atoms with Crippen molar-refractivity contribution in [2.45, 2.75) is 20.9 Å². The molecule has 3 aromatic rings. The molecule has 2 aromatic heterocycles. The van der Waals surface area contributed by atoms with Crippen molar-refractivity contribution in [3.05, 3.63) is 65.2 Å². The molecule has 0 amide bonds. The number of nitrogens with zero attached hydrogens (tertiary/aromatic N) is 3. The maximum absolute atomic E-state index is 12.3. The van der Waals surface area contributed by atoms with Gasteiger partial charge in [-0.25, -0.2) is 23.5 Å². The third-order valence-corrected chi connectivity index (χ3v) is 3.18. The van der Waals surface area contributed by atoms with E-state index < -0.39 is 17.6 Å². The molecular weight excluding hydrogens is 330 g/mol. The molecule has 2 heterocycles. The number of rotatable bonds is 2. The average Bonchev–Trinajstić information content (AvgIpc) is 3.06. The summed E-state index contributed by atoms with van der Waals surface area (Å²) in [7, 11) is 1.33. The van der Waals surface area contributed by atoms with Gasteiger partial charge in [0.25, 0.3) is 0 Å². The second kappa shape index (κ2) is 8.84. The predicted molar refractivity (Wildman–Crippen MR) is 90.0 cm³/mol. The number of hydrogen-bond acceptors (Lipinski definition) is 5. The Morgan fingerprint density at radius 2 is 2.00 bits per heavy atom. The number of imidazole rings is 1. The first kappa shape index (κ1) is 20.2. The molecule has 0 radical (unpaired) electrons. The van der Waals surface area contributed by atoms with Crippen LogP contribution in [0.2, 0.25) is 0 Å². The molecule has 134 valence electrons. The fraction of sp³-hybridized carbons (Fsp3) is 0.235. The van der Waals surface area contributed by atoms with Gasteiger partial charge >= 0.3 is 5.97 Å². The first-order valence-electron chi connectivity index (χ1n) is 6.99. The number of halogens is 2. The quantitative estimate of drug-likeness (QED) is 0.719. The van der Waals surface area contributed by atoms with E-state index in [2.05, 4.69) is 14.7 Å². The minimum atomic E-state index is -0.844. The summed E-state index contributed by atoms with van der Waals surface area (Å²) >= 11 is 0. The molecule has 8 heteroatoms. The minimum absolute atomic E-state index is 0. The number of fused-ring (bicyclic) bond motifs is 1. The van der Waals surface area contributed by atoms with E-state index in [1.54, 1.807) is 22.9 Å². The molecule has 0 aliphatic rings. The Balaban J connectivity index is 0.000000254. The summed E-state index contributed by atoms with van der Waals surface area (Å²) in [5.41, 5.74) is 6.95. The van der Waals surface area contributed by atoms with E-state index >= 15 is 0 Å². The number of methoxy groups -OCH3 is 1. The molecule has 2 N–H and O–H groups in total. The van der Waals surface area contributed by atoms with Gasteiger partial charge in [-0.05, 0) is 30.7 Å². The summed E-state index contributed by atoms with van der Waals surface area (Å²) in [6, 6.07) is 5.28. The monoisotopic (exact) mass is 350 g/mol. The van der Waals surface area contributed by atoms with Gasteiger partial charge in [-0.15, -0.1) is 0 Å². The molecular formula is C17H20F2N4O2. The normalized spacial score (nSPS) is 9.80. The van der Waals surface area contributed by atoms with E-state index in [-0.39, 0.29) is 19.7 Å². The highest BCUT2D eigenvalue weighted by atomic mass is 19.2. The number of carbonyl (C=O) groups excluding carboxylic acids is 1. The number of aromatic nitrogens is 3. The highest BCUT2D eigenvalue weighted by Crippen LogP contribution is 2.07. The molecule has 0 aliphatic heterocycles. The van der Waals surface area contributed by atoms with Gasteiger partial charge in [0.2, 0.25) is 5.78 Å². The zero-order valence-electron chi connectivity index (χ0n) is 13.2. The van der Waals surface area contributed by atoms with Crippen molar-refractivity contribution >= 4 is 11.7 Å². The van der Waals surface area contributed by atoms with Crippen molar-refractivity contribution in [1.82, 2.24) is 14.4 Å². The highest BCUT2D eigenvalue weighted by molar-refractivity contribution is 5.87. The zero-order chi connectivity index (χ0) is 17.7. The highest BCUT2D eigenvalue weighted by Gasteiger charge is 2.10. The Morgan fingerprint density at radius 3 is 2.60 bits per heavy atom. The third-order valence-electron chi connectivity index (χ3n) is 3.18. The van der Waals surface area contributed by atoms with Crippen molar-refractivity contribution < 1.29 is 18.3 Å². The largest absolute Gasteiger partial charge is 0.464 e. The van der Waals surface area contributed by atoms with Crippen LogP contribution in [0, 0.1) is 18.6 Å². The number of benzene rings is 1. The zero-order valence-corrected chi connectivity index (χ0v) is 13.2. The van der Waals surface area contributed by atoms with Crippen LogP contribution < -0.4 is 5.73 Å². The summed E-state index contributed by atoms with van der Waals surface area (Å²) in [5, 5.41) is 0. The lowest BCUT2D eigenvalue weighted by Crippen LogP contribution is -2.07. The molecule has 0 bridgehead atoms. The van der Waals surface area contributed by atoms with E-state index in [1.165, 1.54) is 13.2 Å². The summed E-state index contributed by atoms with van der Waals surface area (Å²) in [6.07, 6.45) is 3.43. The van der Waals surface area contributed by atoms with Gasteiger partial charge in [0, 0.05) is 24.6 Å². The smallest absolute Gasteiger partial charge is 0.356 e. The lowest BCUT2D eigenvalue weighted by Gasteiger charge is -2.02. The van der Waals surface area contributed by atoms with E-state index in [0.29, 0.717) is 11.3 Å². The number of ether oxygens (including phenoxy) is 1. The van der Waals surface area contributed by atoms with Crippen LogP contribution in [0.1, 0.15) is 29.2 Å². The molecule has 0 saturated carbocycles. The van der Waals surface area contributed by atoms with Crippen molar-refractivity contribution in [2.24, 2.45) is 5.73 Å². The SMILES string of the molecule is C.COC(=O)c1cc(C)n2ccnc2n1.NCc1ccc(F)c(F)c1. The number of aryl methyl sites for hydroxylation is 1. The maximum atomic E-state index is 12.3. The van der Waals surface area contributed by atoms with Crippen LogP contribution >= 0.6 is 0 Å². The van der Waals surface area contributed by atoms with Crippen LogP contribution in [-0.2, 0) is 11.3 Å². The second-order valence-electron chi connectivity index (χ2n) is 4.82. The van der Waals surface area contributed by atoms with Crippen LogP contribution in [-0.4, -0.2) is 27.4 Å². The van der Waals surface area contributed by atoms with Gasteiger partial charge in [0.05, 0.1) is 7.11 Å². The Bertz CT molecular complexity index is 865. The number of esters is 1. The molecule has 1 aromatic carbocycles. The van der Waals surface area contributed by atoms with Gasteiger partial charge in [-0.2, -0.15) is 0 Å². The molecule has 6 nitrogen and oxygen atoms in total. The molecule has 0 unspecified atom stereocenters. The van der Waals surface area contributed by atoms with Crippen LogP contribution in [0.3, 0.4) is 0 Å². The Kier molecular flexibility index (Phi) is 7.13. The molecule has 0 fully saturated rings. The Morgan fingerprint density at radius 1 is 1.28 bits per heavy atom. The van der Waals surface area contributed by atoms with Gasteiger partial charge in [-0.1, -0.05) is 13.5 Å². The van der Waals surface area contributed by atoms with Crippen molar-refractivity contribution in [2.75, 3.05) is 7.11 Å². The lowest BCUT2D eigenvalue weighted by atomic mass is 10.2. The van der Waals surface area contributed by atoms with Crippen LogP contribution in [0.15, 0.2) is 36.7 Å². The van der Waals surface area contributed by atoms with Crippen molar-refractivity contribution in [3.8, 4) is 0 Å². The first-order valence-corrected chi connectivity index (χ1v) is 6.99. The van der Waals surface area contributed by atoms with Gasteiger partial charge < -0.3 is 10.5 Å². The second-order valence-corrected chi connectivity index (χ2v) is 4.82. The number of carbonyl (C=O) groups is 1. The van der Waals surface area contributed by atoms with Gasteiger partial charge in [-0.3, -0.25) is 4.40 Å². The lowest BCUT2D eigenvalue weighted by molar-refractivity contribution is 0.0594. The maximum Gasteiger partial charge on any atom is 0.356 e. The van der Waals surface area contributed by atoms with E-state index in [4.69, 9.17) is 5.73 Å². The molecule has 3 rings (SSSR count). The summed E-state index contributed by atoms with van der Waals surface area (Å²) in [5.74, 6) is -1.62. The van der Waals surface area contributed by atoms with Gasteiger partial charge in [0.15, 0.2) is 17.3 Å². The molecule has 0 spiro atoms. The number of hydrogen-bond donors (Lipinski definition) is 1. The fourth-order valence-electron chi connectivity index (χ4n) is 1.94. The molecule has 0 atom stereocenters. The van der Waals surface area contributed by atoms with Crippen LogP contribution in [0.5, 0.6) is 0 Å². The average molecular weight is 350 g/mol. The third kappa shape index (κ3) is 4.80. The standard InChI is InChI=1S/C9H9N3O2.C7H7F2N.CH4/c1-6-5-7(8(13)14-2)11-9-10-3-4-12(6)9;8-6-2-1-5(4-10)3-7(6)9;/h3-5H,1-2H3;1-3H,4,10H2;1H4. The molecule has 25 heavy (non-hydrogen) atoms. The van der Waals surface area contributed by atoms with Gasteiger partial charge in [0.1, 0.15) is 0 Å². The van der Waals surface area contributed by atoms with Crippen molar-refractivity contribution in [1.29, 1.82) is 0 Å². The summed E-state index contributed by atoms with van der Waals surface area (Å²) in [4.78, 5) is 19.3. The summed E-state index contributed by atoms with van der Waals surface area (Å²) in [6.45, 7) is 2.11. The number of nitrogens with two attached hydrogens (primary N) is 1. The Labute approximate surface area is 144 Å². The Hall–Kier alpha value is -2.87. The fourth-order valence-corrected chi connectivity index (χ4v) is 1.94. The molecule has 0 aliphatic carbocycles. The van der Waals surface area contributed by atoms with E-state index in [0.717, 1.165) is 17.8 Å². The van der Waals surface area contributed by atoms with Crippen molar-refractivity contribution in [3.63, 3.8) is 0 Å². The predicted octanol–water partition coefficient (Wildman–Crippen LogP) is 2.88. The minimum Gasteiger partial charge on any atom is -0.464 e. The topological polar surface area (TPSA) is 82.5 Å². The van der Waals surface area contributed by atoms with E-state index in [9.17, 15) is 13.6 Å². The van der Waals surface area contributed by atoms with Crippen LogP contribution in [0.4, 0.5) is 8.78 Å².